The lowest BCUT2D eigenvalue weighted by molar-refractivity contribution is -0.148. The number of rotatable bonds is 8. The third-order valence-corrected chi connectivity index (χ3v) is 5.48. The van der Waals surface area contributed by atoms with Crippen LogP contribution in [-0.4, -0.2) is 17.7 Å². The molecule has 3 rings (SSSR count). The molecule has 32 heavy (non-hydrogen) atoms. The predicted octanol–water partition coefficient (Wildman–Crippen LogP) is 6.19. The Morgan fingerprint density at radius 3 is 2.25 bits per heavy atom. The van der Waals surface area contributed by atoms with Crippen LogP contribution in [-0.2, 0) is 14.3 Å². The summed E-state index contributed by atoms with van der Waals surface area (Å²) in [6, 6.07) is 20.3. The first-order valence-electron chi connectivity index (χ1n) is 9.94. The van der Waals surface area contributed by atoms with E-state index in [0.29, 0.717) is 26.9 Å². The summed E-state index contributed by atoms with van der Waals surface area (Å²) in [5.41, 5.74) is 2.22. The summed E-state index contributed by atoms with van der Waals surface area (Å²) in [5, 5.41) is 3.77. The highest BCUT2D eigenvalue weighted by Crippen LogP contribution is 2.26. The molecule has 0 saturated heterocycles. The van der Waals surface area contributed by atoms with Crippen molar-refractivity contribution in [3.63, 3.8) is 0 Å². The SMILES string of the molecule is Cc1c(Cl)cccc1NC(=O)CCC(=O)O[C@@H](C(=O)c1ccccc1)c1ccc(Cl)cc1. The monoisotopic (exact) mass is 469 g/mol. The smallest absolute Gasteiger partial charge is 0.307 e. The molecule has 0 aromatic heterocycles. The van der Waals surface area contributed by atoms with Crippen LogP contribution in [0.25, 0.3) is 0 Å². The van der Waals surface area contributed by atoms with Gasteiger partial charge in [-0.2, -0.15) is 0 Å². The Morgan fingerprint density at radius 1 is 0.875 bits per heavy atom. The zero-order valence-corrected chi connectivity index (χ0v) is 18.8. The van der Waals surface area contributed by atoms with Gasteiger partial charge in [-0.25, -0.2) is 0 Å². The summed E-state index contributed by atoms with van der Waals surface area (Å²) in [6.45, 7) is 1.79. The fourth-order valence-electron chi connectivity index (χ4n) is 3.03. The number of amides is 1. The number of carbonyl (C=O) groups is 3. The predicted molar refractivity (Wildman–Crippen MR) is 125 cm³/mol. The van der Waals surface area contributed by atoms with Crippen molar-refractivity contribution in [3.05, 3.63) is 99.5 Å². The van der Waals surface area contributed by atoms with E-state index in [1.165, 1.54) is 0 Å². The summed E-state index contributed by atoms with van der Waals surface area (Å²) in [4.78, 5) is 37.8. The number of halogens is 2. The van der Waals surface area contributed by atoms with Gasteiger partial charge in [0.2, 0.25) is 11.7 Å². The normalized spacial score (nSPS) is 11.5. The molecule has 1 amide bonds. The summed E-state index contributed by atoms with van der Waals surface area (Å²) < 4.78 is 5.50. The van der Waals surface area contributed by atoms with E-state index in [2.05, 4.69) is 5.32 Å². The number of esters is 1. The lowest BCUT2D eigenvalue weighted by atomic mass is 10.00. The maximum Gasteiger partial charge on any atom is 0.307 e. The largest absolute Gasteiger partial charge is 0.449 e. The van der Waals surface area contributed by atoms with Crippen molar-refractivity contribution >= 4 is 46.5 Å². The van der Waals surface area contributed by atoms with Crippen LogP contribution in [0.15, 0.2) is 72.8 Å². The third-order valence-electron chi connectivity index (χ3n) is 4.82. The average molecular weight is 470 g/mol. The Bertz CT molecular complexity index is 1110. The van der Waals surface area contributed by atoms with Crippen LogP contribution in [0.5, 0.6) is 0 Å². The lowest BCUT2D eigenvalue weighted by Crippen LogP contribution is -2.21. The topological polar surface area (TPSA) is 72.5 Å². The Morgan fingerprint density at radius 2 is 1.56 bits per heavy atom. The minimum absolute atomic E-state index is 0.0996. The molecule has 1 N–H and O–H groups in total. The van der Waals surface area contributed by atoms with E-state index in [4.69, 9.17) is 27.9 Å². The second-order valence-corrected chi connectivity index (χ2v) is 7.96. The molecule has 5 nitrogen and oxygen atoms in total. The van der Waals surface area contributed by atoms with Gasteiger partial charge in [0.1, 0.15) is 0 Å². The van der Waals surface area contributed by atoms with Crippen LogP contribution in [0.1, 0.15) is 40.4 Å². The highest BCUT2D eigenvalue weighted by Gasteiger charge is 2.26. The molecule has 0 bridgehead atoms. The van der Waals surface area contributed by atoms with E-state index >= 15 is 0 Å². The van der Waals surface area contributed by atoms with E-state index in [-0.39, 0.29) is 24.5 Å². The molecule has 0 aliphatic rings. The maximum atomic E-state index is 13.0. The van der Waals surface area contributed by atoms with Crippen molar-refractivity contribution in [2.24, 2.45) is 0 Å². The minimum atomic E-state index is -1.14. The van der Waals surface area contributed by atoms with Gasteiger partial charge < -0.3 is 10.1 Å². The molecule has 0 radical (unpaired) electrons. The van der Waals surface area contributed by atoms with Crippen molar-refractivity contribution < 1.29 is 19.1 Å². The lowest BCUT2D eigenvalue weighted by Gasteiger charge is -2.18. The summed E-state index contributed by atoms with van der Waals surface area (Å²) in [7, 11) is 0. The fourth-order valence-corrected chi connectivity index (χ4v) is 3.33. The minimum Gasteiger partial charge on any atom is -0.449 e. The second kappa shape index (κ2) is 10.9. The Hall–Kier alpha value is -3.15. The Labute approximate surface area is 196 Å². The van der Waals surface area contributed by atoms with Gasteiger partial charge in [0.25, 0.3) is 0 Å². The maximum absolute atomic E-state index is 13.0. The molecule has 0 fully saturated rings. The number of ether oxygens (including phenoxy) is 1. The van der Waals surface area contributed by atoms with E-state index in [1.54, 1.807) is 79.7 Å². The van der Waals surface area contributed by atoms with Gasteiger partial charge in [-0.15, -0.1) is 0 Å². The molecule has 0 spiro atoms. The molecule has 7 heteroatoms. The van der Waals surface area contributed by atoms with E-state index < -0.39 is 12.1 Å². The zero-order valence-electron chi connectivity index (χ0n) is 17.3. The van der Waals surface area contributed by atoms with Crippen molar-refractivity contribution in [2.45, 2.75) is 25.9 Å². The van der Waals surface area contributed by atoms with Crippen LogP contribution < -0.4 is 5.32 Å². The number of Topliss-reactive ketones (excluding diaryl/α,β-unsaturated/α-hetero) is 1. The summed E-state index contributed by atoms with van der Waals surface area (Å²) >= 11 is 12.0. The van der Waals surface area contributed by atoms with Gasteiger partial charge in [0.15, 0.2) is 6.10 Å². The molecular weight excluding hydrogens is 449 g/mol. The molecule has 1 atom stereocenters. The van der Waals surface area contributed by atoms with Crippen LogP contribution in [0, 0.1) is 6.92 Å². The van der Waals surface area contributed by atoms with Crippen molar-refractivity contribution in [2.75, 3.05) is 5.32 Å². The van der Waals surface area contributed by atoms with Gasteiger partial charge in [-0.3, -0.25) is 14.4 Å². The Balaban J connectivity index is 1.67. The number of hydrogen-bond donors (Lipinski definition) is 1. The van der Waals surface area contributed by atoms with Gasteiger partial charge in [-0.1, -0.05) is 71.7 Å². The number of hydrogen-bond acceptors (Lipinski definition) is 4. The first kappa shape index (κ1) is 23.5. The molecular formula is C25H21Cl2NO4. The number of anilines is 1. The van der Waals surface area contributed by atoms with E-state index in [0.717, 1.165) is 5.56 Å². The van der Waals surface area contributed by atoms with Gasteiger partial charge in [0, 0.05) is 33.3 Å². The average Bonchev–Trinajstić information content (AvgIpc) is 2.80. The molecule has 0 unspecified atom stereocenters. The molecule has 0 aliphatic heterocycles. The number of benzene rings is 3. The van der Waals surface area contributed by atoms with Crippen molar-refractivity contribution in [1.29, 1.82) is 0 Å². The molecule has 0 heterocycles. The number of ketones is 1. The standard InChI is InChI=1S/C25H21Cl2NO4/c1-16-20(27)8-5-9-21(16)28-22(29)14-15-23(30)32-25(18-10-12-19(26)13-11-18)24(31)17-6-3-2-4-7-17/h2-13,25H,14-15H2,1H3,(H,28,29)/t25-/m1/s1. The number of nitrogens with one attached hydrogen (secondary N) is 1. The first-order valence-corrected chi connectivity index (χ1v) is 10.7. The van der Waals surface area contributed by atoms with Crippen molar-refractivity contribution in [1.82, 2.24) is 0 Å². The quantitative estimate of drug-likeness (QED) is 0.315. The van der Waals surface area contributed by atoms with E-state index in [1.807, 2.05) is 0 Å². The van der Waals surface area contributed by atoms with Crippen LogP contribution in [0.4, 0.5) is 5.69 Å². The van der Waals surface area contributed by atoms with Crippen molar-refractivity contribution in [3.8, 4) is 0 Å². The molecule has 0 aliphatic carbocycles. The van der Waals surface area contributed by atoms with Gasteiger partial charge in [-0.05, 0) is 36.8 Å². The molecule has 3 aromatic carbocycles. The highest BCUT2D eigenvalue weighted by atomic mass is 35.5. The number of carbonyl (C=O) groups excluding carboxylic acids is 3. The molecule has 3 aromatic rings. The summed E-state index contributed by atoms with van der Waals surface area (Å²) in [6.07, 6.45) is -1.42. The van der Waals surface area contributed by atoms with Crippen LogP contribution >= 0.6 is 23.2 Å². The van der Waals surface area contributed by atoms with Crippen LogP contribution in [0.2, 0.25) is 10.0 Å². The first-order chi connectivity index (χ1) is 15.3. The fraction of sp³-hybridized carbons (Fsp3) is 0.160. The zero-order chi connectivity index (χ0) is 23.1. The second-order valence-electron chi connectivity index (χ2n) is 7.11. The summed E-state index contributed by atoms with van der Waals surface area (Å²) in [5.74, 6) is -1.38. The third kappa shape index (κ3) is 6.19. The van der Waals surface area contributed by atoms with Gasteiger partial charge >= 0.3 is 5.97 Å². The van der Waals surface area contributed by atoms with Crippen LogP contribution in [0.3, 0.4) is 0 Å². The highest BCUT2D eigenvalue weighted by molar-refractivity contribution is 6.31. The Kier molecular flexibility index (Phi) is 8.03. The van der Waals surface area contributed by atoms with Gasteiger partial charge in [0.05, 0.1) is 6.42 Å². The molecule has 0 saturated carbocycles. The van der Waals surface area contributed by atoms with E-state index in [9.17, 15) is 14.4 Å². The molecule has 164 valence electrons.